The normalized spacial score (nSPS) is 10.6. The smallest absolute Gasteiger partial charge is 0.352 e. The molecule has 0 aliphatic rings. The Morgan fingerprint density at radius 2 is 2.06 bits per heavy atom. The van der Waals surface area contributed by atoms with Gasteiger partial charge in [0.15, 0.2) is 5.43 Å². The van der Waals surface area contributed by atoms with E-state index in [0.717, 1.165) is 11.6 Å². The third-order valence-electron chi connectivity index (χ3n) is 2.26. The Kier molecular flexibility index (Phi) is 2.44. The zero-order chi connectivity index (χ0) is 11.9. The van der Waals surface area contributed by atoms with E-state index < -0.39 is 11.4 Å². The van der Waals surface area contributed by atoms with Crippen LogP contribution in [0.2, 0.25) is 5.02 Å². The molecule has 0 fully saturated rings. The number of nitrogens with one attached hydrogen (secondary N) is 1. The van der Waals surface area contributed by atoms with Gasteiger partial charge in [0.25, 0.3) is 0 Å². The highest BCUT2D eigenvalue weighted by Crippen LogP contribution is 2.21. The van der Waals surface area contributed by atoms with Crippen LogP contribution in [0.3, 0.4) is 0 Å². The van der Waals surface area contributed by atoms with Crippen LogP contribution in [0.4, 0.5) is 0 Å². The molecule has 0 spiro atoms. The summed E-state index contributed by atoms with van der Waals surface area (Å²) >= 11 is 5.93. The van der Waals surface area contributed by atoms with Gasteiger partial charge < -0.3 is 10.1 Å². The summed E-state index contributed by atoms with van der Waals surface area (Å²) in [6.07, 6.45) is 0. The summed E-state index contributed by atoms with van der Waals surface area (Å²) in [6, 6.07) is 4.39. The first-order valence-corrected chi connectivity index (χ1v) is 4.93. The Bertz CT molecular complexity index is 645. The largest absolute Gasteiger partial charge is 0.477 e. The summed E-state index contributed by atoms with van der Waals surface area (Å²) in [5, 5.41) is 9.45. The number of hydrogen-bond acceptors (Lipinski definition) is 2. The molecule has 0 saturated heterocycles. The van der Waals surface area contributed by atoms with Crippen molar-refractivity contribution >= 4 is 28.5 Å². The number of H-pyrrole nitrogens is 1. The highest BCUT2D eigenvalue weighted by atomic mass is 35.5. The zero-order valence-corrected chi connectivity index (χ0v) is 9.13. The van der Waals surface area contributed by atoms with Crippen LogP contribution in [0.25, 0.3) is 10.9 Å². The van der Waals surface area contributed by atoms with Crippen LogP contribution < -0.4 is 5.43 Å². The Morgan fingerprint density at radius 1 is 1.38 bits per heavy atom. The number of aryl methyl sites for hydroxylation is 1. The molecule has 5 heteroatoms. The summed E-state index contributed by atoms with van der Waals surface area (Å²) in [6.45, 7) is 1.82. The fourth-order valence-electron chi connectivity index (χ4n) is 1.59. The molecule has 2 aromatic rings. The minimum Gasteiger partial charge on any atom is -0.477 e. The maximum atomic E-state index is 11.7. The lowest BCUT2D eigenvalue weighted by atomic mass is 10.1. The highest BCUT2D eigenvalue weighted by Gasteiger charge is 2.10. The van der Waals surface area contributed by atoms with Gasteiger partial charge in [-0.15, -0.1) is 0 Å². The van der Waals surface area contributed by atoms with E-state index in [1.54, 1.807) is 12.1 Å². The number of aromatic amines is 1. The number of carboxylic acids is 1. The van der Waals surface area contributed by atoms with E-state index in [-0.39, 0.29) is 5.69 Å². The average Bonchev–Trinajstić information content (AvgIpc) is 2.15. The molecule has 1 aromatic carbocycles. The number of fused-ring (bicyclic) bond motifs is 1. The highest BCUT2D eigenvalue weighted by molar-refractivity contribution is 6.35. The fourth-order valence-corrected chi connectivity index (χ4v) is 1.96. The molecule has 0 radical (unpaired) electrons. The summed E-state index contributed by atoms with van der Waals surface area (Å²) in [7, 11) is 0. The lowest BCUT2D eigenvalue weighted by Gasteiger charge is -2.03. The van der Waals surface area contributed by atoms with Gasteiger partial charge in [0.1, 0.15) is 5.69 Å². The summed E-state index contributed by atoms with van der Waals surface area (Å²) in [4.78, 5) is 25.1. The summed E-state index contributed by atoms with van der Waals surface area (Å²) in [5.41, 5.74) is 0.765. The Balaban J connectivity index is 2.93. The number of aromatic carboxylic acids is 1. The lowest BCUT2D eigenvalue weighted by Crippen LogP contribution is -2.10. The van der Waals surface area contributed by atoms with Crippen LogP contribution in [0, 0.1) is 6.92 Å². The van der Waals surface area contributed by atoms with Gasteiger partial charge in [0, 0.05) is 6.07 Å². The van der Waals surface area contributed by atoms with Crippen LogP contribution in [0.15, 0.2) is 23.0 Å². The van der Waals surface area contributed by atoms with Gasteiger partial charge in [-0.25, -0.2) is 4.79 Å². The predicted molar refractivity (Wildman–Crippen MR) is 61.3 cm³/mol. The number of benzene rings is 1. The lowest BCUT2D eigenvalue weighted by molar-refractivity contribution is 0.0691. The molecule has 0 unspecified atom stereocenters. The van der Waals surface area contributed by atoms with Crippen molar-refractivity contribution < 1.29 is 9.90 Å². The van der Waals surface area contributed by atoms with E-state index in [0.29, 0.717) is 15.9 Å². The predicted octanol–water partition coefficient (Wildman–Crippen LogP) is 2.19. The Hall–Kier alpha value is -1.81. The topological polar surface area (TPSA) is 70.2 Å². The minimum atomic E-state index is -1.17. The van der Waals surface area contributed by atoms with Gasteiger partial charge in [0.2, 0.25) is 0 Å². The second-order valence-electron chi connectivity index (χ2n) is 3.52. The standard InChI is InChI=1S/C11H8ClNO3/c1-5-2-6(12)10-7(3-5)13-8(11(15)16)4-9(10)14/h2-4H,1H3,(H,13,14)(H,15,16). The Morgan fingerprint density at radius 3 is 2.69 bits per heavy atom. The monoisotopic (exact) mass is 237 g/mol. The molecule has 0 atom stereocenters. The molecule has 1 heterocycles. The van der Waals surface area contributed by atoms with Gasteiger partial charge in [0.05, 0.1) is 15.9 Å². The van der Waals surface area contributed by atoms with Crippen LogP contribution >= 0.6 is 11.6 Å². The molecule has 0 saturated carbocycles. The fraction of sp³-hybridized carbons (Fsp3) is 0.0909. The van der Waals surface area contributed by atoms with Crippen molar-refractivity contribution in [1.29, 1.82) is 0 Å². The molecular formula is C11H8ClNO3. The SMILES string of the molecule is Cc1cc(Cl)c2c(=O)cc(C(=O)O)[nH]c2c1. The van der Waals surface area contributed by atoms with E-state index in [2.05, 4.69) is 4.98 Å². The van der Waals surface area contributed by atoms with Crippen LogP contribution in [-0.4, -0.2) is 16.1 Å². The molecule has 0 aliphatic carbocycles. The van der Waals surface area contributed by atoms with Crippen LogP contribution in [0.1, 0.15) is 16.1 Å². The van der Waals surface area contributed by atoms with Crippen molar-refractivity contribution in [2.24, 2.45) is 0 Å². The quantitative estimate of drug-likeness (QED) is 0.799. The van der Waals surface area contributed by atoms with Gasteiger partial charge in [-0.2, -0.15) is 0 Å². The van der Waals surface area contributed by atoms with Crippen molar-refractivity contribution in [1.82, 2.24) is 4.98 Å². The minimum absolute atomic E-state index is 0.140. The first-order valence-electron chi connectivity index (χ1n) is 4.55. The number of pyridine rings is 1. The van der Waals surface area contributed by atoms with E-state index in [1.807, 2.05) is 6.92 Å². The summed E-state index contributed by atoms with van der Waals surface area (Å²) < 4.78 is 0. The van der Waals surface area contributed by atoms with Gasteiger partial charge in [-0.05, 0) is 24.6 Å². The second-order valence-corrected chi connectivity index (χ2v) is 3.93. The maximum Gasteiger partial charge on any atom is 0.352 e. The number of aromatic nitrogens is 1. The van der Waals surface area contributed by atoms with Crippen LogP contribution in [0.5, 0.6) is 0 Å². The molecule has 0 aliphatic heterocycles. The Labute approximate surface area is 95.5 Å². The van der Waals surface area contributed by atoms with E-state index >= 15 is 0 Å². The van der Waals surface area contributed by atoms with Gasteiger partial charge >= 0.3 is 5.97 Å². The van der Waals surface area contributed by atoms with Crippen molar-refractivity contribution in [2.45, 2.75) is 6.92 Å². The van der Waals surface area contributed by atoms with E-state index in [4.69, 9.17) is 16.7 Å². The van der Waals surface area contributed by atoms with Gasteiger partial charge in [-0.1, -0.05) is 11.6 Å². The second kappa shape index (κ2) is 3.64. The van der Waals surface area contributed by atoms with E-state index in [1.165, 1.54) is 0 Å². The molecular weight excluding hydrogens is 230 g/mol. The number of rotatable bonds is 1. The number of hydrogen-bond donors (Lipinski definition) is 2. The van der Waals surface area contributed by atoms with Gasteiger partial charge in [-0.3, -0.25) is 4.79 Å². The molecule has 16 heavy (non-hydrogen) atoms. The molecule has 2 rings (SSSR count). The van der Waals surface area contributed by atoms with Crippen molar-refractivity contribution in [3.05, 3.63) is 44.7 Å². The zero-order valence-electron chi connectivity index (χ0n) is 8.37. The molecule has 0 bridgehead atoms. The average molecular weight is 238 g/mol. The molecule has 4 nitrogen and oxygen atoms in total. The van der Waals surface area contributed by atoms with Crippen molar-refractivity contribution in [3.8, 4) is 0 Å². The molecule has 82 valence electrons. The third-order valence-corrected chi connectivity index (χ3v) is 2.55. The van der Waals surface area contributed by atoms with Crippen molar-refractivity contribution in [3.63, 3.8) is 0 Å². The molecule has 2 N–H and O–H groups in total. The first kappa shape index (κ1) is 10.7. The number of halogens is 1. The number of carbonyl (C=O) groups is 1. The number of carboxylic acid groups (broad SMARTS) is 1. The summed E-state index contributed by atoms with van der Waals surface area (Å²) in [5.74, 6) is -1.17. The molecule has 1 aromatic heterocycles. The molecule has 0 amide bonds. The van der Waals surface area contributed by atoms with E-state index in [9.17, 15) is 9.59 Å². The maximum absolute atomic E-state index is 11.7. The first-order chi connectivity index (χ1) is 7.49. The van der Waals surface area contributed by atoms with Crippen LogP contribution in [-0.2, 0) is 0 Å². The van der Waals surface area contributed by atoms with Crippen molar-refractivity contribution in [2.75, 3.05) is 0 Å². The third kappa shape index (κ3) is 1.67.